The maximum atomic E-state index is 12.6. The molecule has 3 aliphatic rings. The summed E-state index contributed by atoms with van der Waals surface area (Å²) in [4.78, 5) is 32.9. The van der Waals surface area contributed by atoms with Gasteiger partial charge in [0, 0.05) is 38.3 Å². The average molecular weight is 341 g/mol. The number of piperidine rings is 1. The first-order valence-electron chi connectivity index (χ1n) is 8.89. The Labute approximate surface area is 147 Å². The van der Waals surface area contributed by atoms with Crippen LogP contribution in [0.5, 0.6) is 0 Å². The molecule has 2 amide bonds. The number of hydrogen-bond donors (Lipinski definition) is 0. The van der Waals surface area contributed by atoms with E-state index in [2.05, 4.69) is 11.1 Å². The second-order valence-corrected chi connectivity index (χ2v) is 7.90. The number of rotatable bonds is 4. The summed E-state index contributed by atoms with van der Waals surface area (Å²) < 4.78 is 1.92. The molecule has 1 aliphatic heterocycles. The van der Waals surface area contributed by atoms with Gasteiger partial charge in [-0.1, -0.05) is 0 Å². The number of nitriles is 1. The second-order valence-electron chi connectivity index (χ2n) is 7.90. The van der Waals surface area contributed by atoms with Gasteiger partial charge in [0.2, 0.25) is 5.91 Å². The SMILES string of the molecule is CC(C)n1cnc(C(=O)N2C[C@@H]3C(C(=O)N(C)C4(C#N)CC4)[C@@H]3C2)c1. The van der Waals surface area contributed by atoms with Crippen LogP contribution < -0.4 is 0 Å². The second kappa shape index (κ2) is 5.32. The molecule has 0 bridgehead atoms. The van der Waals surface area contributed by atoms with Crippen LogP contribution in [-0.2, 0) is 4.79 Å². The van der Waals surface area contributed by atoms with E-state index in [1.807, 2.05) is 23.3 Å². The summed E-state index contributed by atoms with van der Waals surface area (Å²) in [5, 5.41) is 9.26. The third-order valence-corrected chi connectivity index (χ3v) is 6.09. The van der Waals surface area contributed by atoms with Crippen molar-refractivity contribution < 1.29 is 9.59 Å². The van der Waals surface area contributed by atoms with E-state index in [4.69, 9.17) is 0 Å². The monoisotopic (exact) mass is 341 g/mol. The number of fused-ring (bicyclic) bond motifs is 1. The van der Waals surface area contributed by atoms with E-state index < -0.39 is 5.54 Å². The van der Waals surface area contributed by atoms with E-state index in [0.29, 0.717) is 18.8 Å². The zero-order valence-corrected chi connectivity index (χ0v) is 14.8. The van der Waals surface area contributed by atoms with Gasteiger partial charge in [-0.05, 0) is 38.5 Å². The standard InChI is InChI=1S/C18H23N5O2/c1-11(2)23-8-14(20-10-23)16(24)22-6-12-13(7-22)15(12)17(25)21(3)18(9-19)4-5-18/h8,10-13,15H,4-7H2,1-3H3/t12-,13+,15?. The summed E-state index contributed by atoms with van der Waals surface area (Å²) in [7, 11) is 1.74. The Morgan fingerprint density at radius 3 is 2.48 bits per heavy atom. The number of amides is 2. The quantitative estimate of drug-likeness (QED) is 0.826. The van der Waals surface area contributed by atoms with Crippen molar-refractivity contribution in [3.05, 3.63) is 18.2 Å². The fourth-order valence-corrected chi connectivity index (χ4v) is 4.03. The minimum Gasteiger partial charge on any atom is -0.337 e. The molecule has 0 spiro atoms. The molecule has 2 saturated carbocycles. The van der Waals surface area contributed by atoms with Crippen molar-refractivity contribution in [3.63, 3.8) is 0 Å². The summed E-state index contributed by atoms with van der Waals surface area (Å²) in [6.07, 6.45) is 5.03. The van der Waals surface area contributed by atoms with Gasteiger partial charge in [-0.2, -0.15) is 5.26 Å². The molecule has 0 aromatic carbocycles. The predicted molar refractivity (Wildman–Crippen MR) is 89.3 cm³/mol. The lowest BCUT2D eigenvalue weighted by atomic mass is 10.2. The lowest BCUT2D eigenvalue weighted by Crippen LogP contribution is -2.41. The van der Waals surface area contributed by atoms with Gasteiger partial charge >= 0.3 is 0 Å². The van der Waals surface area contributed by atoms with Crippen LogP contribution in [0.25, 0.3) is 0 Å². The van der Waals surface area contributed by atoms with Crippen LogP contribution in [0.15, 0.2) is 12.5 Å². The minimum atomic E-state index is -0.562. The first-order valence-corrected chi connectivity index (χ1v) is 8.89. The Hall–Kier alpha value is -2.36. The van der Waals surface area contributed by atoms with Crippen molar-refractivity contribution in [2.75, 3.05) is 20.1 Å². The van der Waals surface area contributed by atoms with Crippen LogP contribution >= 0.6 is 0 Å². The lowest BCUT2D eigenvalue weighted by molar-refractivity contribution is -0.134. The molecule has 7 nitrogen and oxygen atoms in total. The smallest absolute Gasteiger partial charge is 0.274 e. The first-order chi connectivity index (χ1) is 11.9. The van der Waals surface area contributed by atoms with E-state index in [9.17, 15) is 14.9 Å². The maximum absolute atomic E-state index is 12.6. The number of aromatic nitrogens is 2. The van der Waals surface area contributed by atoms with Crippen LogP contribution in [0.4, 0.5) is 0 Å². The van der Waals surface area contributed by atoms with Crippen molar-refractivity contribution in [2.24, 2.45) is 17.8 Å². The fraction of sp³-hybridized carbons (Fsp3) is 0.667. The van der Waals surface area contributed by atoms with Gasteiger partial charge in [-0.3, -0.25) is 9.59 Å². The highest BCUT2D eigenvalue weighted by Crippen LogP contribution is 2.54. The fourth-order valence-electron chi connectivity index (χ4n) is 4.03. The zero-order valence-electron chi connectivity index (χ0n) is 14.8. The number of hydrogen-bond acceptors (Lipinski definition) is 4. The average Bonchev–Trinajstić information content (AvgIpc) is 3.40. The topological polar surface area (TPSA) is 82.2 Å². The van der Waals surface area contributed by atoms with E-state index in [0.717, 1.165) is 12.8 Å². The minimum absolute atomic E-state index is 0.0203. The number of imidazole rings is 1. The van der Waals surface area contributed by atoms with Gasteiger partial charge < -0.3 is 14.4 Å². The van der Waals surface area contributed by atoms with Gasteiger partial charge in [0.15, 0.2) is 0 Å². The zero-order chi connectivity index (χ0) is 17.9. The molecule has 0 N–H and O–H groups in total. The van der Waals surface area contributed by atoms with Crippen LogP contribution in [0.2, 0.25) is 0 Å². The number of nitrogens with zero attached hydrogens (tertiary/aromatic N) is 5. The molecule has 1 aromatic rings. The van der Waals surface area contributed by atoms with Crippen molar-refractivity contribution in [2.45, 2.75) is 38.3 Å². The normalized spacial score (nSPS) is 28.4. The summed E-state index contributed by atoms with van der Waals surface area (Å²) in [5.41, 5.74) is -0.0934. The van der Waals surface area contributed by atoms with E-state index >= 15 is 0 Å². The molecule has 7 heteroatoms. The highest BCUT2D eigenvalue weighted by Gasteiger charge is 2.63. The predicted octanol–water partition coefficient (Wildman–Crippen LogP) is 1.30. The van der Waals surface area contributed by atoms with E-state index in [1.165, 1.54) is 0 Å². The highest BCUT2D eigenvalue weighted by molar-refractivity contribution is 5.93. The molecule has 2 aliphatic carbocycles. The summed E-state index contributed by atoms with van der Waals surface area (Å²) in [6, 6.07) is 2.54. The number of carbonyl (C=O) groups excluding carboxylic acids is 2. The Kier molecular flexibility index (Phi) is 3.43. The molecular formula is C18H23N5O2. The molecule has 1 aromatic heterocycles. The molecule has 2 heterocycles. The molecular weight excluding hydrogens is 318 g/mol. The van der Waals surface area contributed by atoms with Gasteiger partial charge in [-0.25, -0.2) is 4.98 Å². The Morgan fingerprint density at radius 1 is 1.36 bits per heavy atom. The molecule has 132 valence electrons. The third-order valence-electron chi connectivity index (χ3n) is 6.09. The van der Waals surface area contributed by atoms with Crippen LogP contribution in [0.1, 0.15) is 43.2 Å². The molecule has 1 saturated heterocycles. The Balaban J connectivity index is 1.36. The van der Waals surface area contributed by atoms with Crippen molar-refractivity contribution in [3.8, 4) is 6.07 Å². The number of carbonyl (C=O) groups is 2. The summed E-state index contributed by atoms with van der Waals surface area (Å²) in [6.45, 7) is 5.31. The Bertz CT molecular complexity index is 761. The summed E-state index contributed by atoms with van der Waals surface area (Å²) in [5.74, 6) is 0.473. The van der Waals surface area contributed by atoms with Gasteiger partial charge in [-0.15, -0.1) is 0 Å². The molecule has 0 radical (unpaired) electrons. The van der Waals surface area contributed by atoms with Gasteiger partial charge in [0.25, 0.3) is 5.91 Å². The molecule has 4 rings (SSSR count). The third kappa shape index (κ3) is 2.43. The van der Waals surface area contributed by atoms with Gasteiger partial charge in [0.1, 0.15) is 11.2 Å². The first kappa shape index (κ1) is 16.1. The molecule has 1 unspecified atom stereocenters. The molecule has 25 heavy (non-hydrogen) atoms. The maximum Gasteiger partial charge on any atom is 0.274 e. The number of likely N-dealkylation sites (tertiary alicyclic amines) is 1. The van der Waals surface area contributed by atoms with Crippen LogP contribution in [0.3, 0.4) is 0 Å². The van der Waals surface area contributed by atoms with Crippen LogP contribution in [0, 0.1) is 29.1 Å². The van der Waals surface area contributed by atoms with Crippen molar-refractivity contribution in [1.82, 2.24) is 19.4 Å². The van der Waals surface area contributed by atoms with Crippen molar-refractivity contribution in [1.29, 1.82) is 5.26 Å². The molecule has 3 fully saturated rings. The van der Waals surface area contributed by atoms with E-state index in [-0.39, 0.29) is 35.6 Å². The van der Waals surface area contributed by atoms with Crippen molar-refractivity contribution >= 4 is 11.8 Å². The van der Waals surface area contributed by atoms with Crippen LogP contribution in [-0.4, -0.2) is 56.8 Å². The molecule has 3 atom stereocenters. The van der Waals surface area contributed by atoms with E-state index in [1.54, 1.807) is 24.5 Å². The largest absolute Gasteiger partial charge is 0.337 e. The highest BCUT2D eigenvalue weighted by atomic mass is 16.2. The van der Waals surface area contributed by atoms with Gasteiger partial charge in [0.05, 0.1) is 12.4 Å². The summed E-state index contributed by atoms with van der Waals surface area (Å²) >= 11 is 0. The Morgan fingerprint density at radius 2 is 2.00 bits per heavy atom. The lowest BCUT2D eigenvalue weighted by Gasteiger charge is -2.25.